The minimum Gasteiger partial charge on any atom is -0.462 e. The number of ether oxygens (including phenoxy) is 1. The monoisotopic (exact) mass is 384 g/mol. The number of hydrogen-bond acceptors (Lipinski definition) is 3. The molecule has 3 aromatic carbocycles. The van der Waals surface area contributed by atoms with Crippen molar-refractivity contribution >= 4 is 39.7 Å². The Bertz CT molecular complexity index is 1190. The van der Waals surface area contributed by atoms with Gasteiger partial charge in [0, 0.05) is 34.6 Å². The number of benzene rings is 3. The molecule has 0 fully saturated rings. The minimum atomic E-state index is -0.292. The highest BCUT2D eigenvalue weighted by Crippen LogP contribution is 2.29. The molecule has 146 valence electrons. The van der Waals surface area contributed by atoms with Crippen molar-refractivity contribution in [3.8, 4) is 0 Å². The molecule has 0 atom stereocenters. The number of para-hydroxylation sites is 1. The maximum Gasteiger partial charge on any atom is 0.338 e. The molecule has 0 aliphatic carbocycles. The Kier molecular flexibility index (Phi) is 5.43. The second kappa shape index (κ2) is 8.31. The van der Waals surface area contributed by atoms with E-state index in [1.165, 1.54) is 21.8 Å². The van der Waals surface area contributed by atoms with Crippen molar-refractivity contribution in [1.29, 1.82) is 0 Å². The number of aryl methyl sites for hydroxylation is 1. The first-order valence-corrected chi connectivity index (χ1v) is 10.0. The number of carbonyl (C=O) groups is 1. The van der Waals surface area contributed by atoms with Gasteiger partial charge in [0.05, 0.1) is 17.9 Å². The zero-order valence-electron chi connectivity index (χ0n) is 16.8. The van der Waals surface area contributed by atoms with Crippen LogP contribution in [0, 0.1) is 0 Å². The van der Waals surface area contributed by atoms with Crippen molar-refractivity contribution < 1.29 is 9.53 Å². The number of aliphatic imine (C=N–C) groups is 1. The summed E-state index contributed by atoms with van der Waals surface area (Å²) in [6, 6.07) is 22.1. The Morgan fingerprint density at radius 1 is 0.966 bits per heavy atom. The molecule has 0 N–H and O–H groups in total. The largest absolute Gasteiger partial charge is 0.462 e. The van der Waals surface area contributed by atoms with Crippen LogP contribution >= 0.6 is 0 Å². The van der Waals surface area contributed by atoms with E-state index >= 15 is 0 Å². The van der Waals surface area contributed by atoms with E-state index in [0.717, 1.165) is 24.2 Å². The number of aromatic nitrogens is 1. The lowest BCUT2D eigenvalue weighted by atomic mass is 10.1. The smallest absolute Gasteiger partial charge is 0.338 e. The topological polar surface area (TPSA) is 43.6 Å². The van der Waals surface area contributed by atoms with Crippen molar-refractivity contribution in [3.05, 3.63) is 77.9 Å². The first-order valence-electron chi connectivity index (χ1n) is 10.0. The fourth-order valence-electron chi connectivity index (χ4n) is 3.60. The molecule has 0 unspecified atom stereocenters. The molecule has 0 aliphatic rings. The summed E-state index contributed by atoms with van der Waals surface area (Å²) < 4.78 is 7.49. The van der Waals surface area contributed by atoms with Gasteiger partial charge in [-0.15, -0.1) is 0 Å². The van der Waals surface area contributed by atoms with Gasteiger partial charge in [-0.2, -0.15) is 0 Å². The molecule has 0 saturated heterocycles. The van der Waals surface area contributed by atoms with E-state index in [9.17, 15) is 4.79 Å². The summed E-state index contributed by atoms with van der Waals surface area (Å²) in [6.45, 7) is 5.52. The predicted octanol–water partition coefficient (Wildman–Crippen LogP) is 6.13. The second-order valence-corrected chi connectivity index (χ2v) is 6.98. The fourth-order valence-corrected chi connectivity index (χ4v) is 3.60. The van der Waals surface area contributed by atoms with Gasteiger partial charge < -0.3 is 9.30 Å². The van der Waals surface area contributed by atoms with Crippen molar-refractivity contribution in [2.24, 2.45) is 4.99 Å². The highest BCUT2D eigenvalue weighted by atomic mass is 16.5. The van der Waals surface area contributed by atoms with Gasteiger partial charge in [-0.1, -0.05) is 31.2 Å². The summed E-state index contributed by atoms with van der Waals surface area (Å²) >= 11 is 0. The van der Waals surface area contributed by atoms with Crippen molar-refractivity contribution in [1.82, 2.24) is 4.57 Å². The zero-order chi connectivity index (χ0) is 20.2. The van der Waals surface area contributed by atoms with Gasteiger partial charge >= 0.3 is 5.97 Å². The first kappa shape index (κ1) is 18.9. The summed E-state index contributed by atoms with van der Waals surface area (Å²) in [4.78, 5) is 16.5. The number of rotatable bonds is 6. The molecular weight excluding hydrogens is 360 g/mol. The number of esters is 1. The Hall–Kier alpha value is -3.40. The van der Waals surface area contributed by atoms with Crippen molar-refractivity contribution in [3.63, 3.8) is 0 Å². The van der Waals surface area contributed by atoms with Crippen LogP contribution in [0.15, 0.2) is 71.7 Å². The molecular formula is C25H24N2O2. The van der Waals surface area contributed by atoms with E-state index in [2.05, 4.69) is 58.9 Å². The normalized spacial score (nSPS) is 11.5. The van der Waals surface area contributed by atoms with Crippen LogP contribution in [-0.2, 0) is 11.3 Å². The van der Waals surface area contributed by atoms with Crippen LogP contribution in [0.4, 0.5) is 5.69 Å². The Labute approximate surface area is 170 Å². The van der Waals surface area contributed by atoms with Crippen molar-refractivity contribution in [2.75, 3.05) is 6.61 Å². The molecule has 0 amide bonds. The summed E-state index contributed by atoms with van der Waals surface area (Å²) in [5.74, 6) is -0.292. The summed E-state index contributed by atoms with van der Waals surface area (Å²) in [5.41, 5.74) is 4.88. The lowest BCUT2D eigenvalue weighted by Gasteiger charge is -2.03. The van der Waals surface area contributed by atoms with Gasteiger partial charge in [0.1, 0.15) is 0 Å². The highest BCUT2D eigenvalue weighted by Gasteiger charge is 2.09. The molecule has 0 spiro atoms. The Balaban J connectivity index is 1.60. The van der Waals surface area contributed by atoms with Crippen LogP contribution in [-0.4, -0.2) is 23.4 Å². The van der Waals surface area contributed by atoms with Crippen molar-refractivity contribution in [2.45, 2.75) is 26.8 Å². The quantitative estimate of drug-likeness (QED) is 0.296. The standard InChI is InChI=1S/C25H24N2O2/c1-3-15-29-25(28)19-10-12-20(13-11-19)26-17-18-9-14-24-22(16-18)21-7-5-6-8-23(21)27(24)4-2/h5-14,16-17H,3-4,15H2,1-2H3. The number of nitrogens with zero attached hydrogens (tertiary/aromatic N) is 2. The van der Waals surface area contributed by atoms with Gasteiger partial charge in [-0.05, 0) is 61.4 Å². The first-order chi connectivity index (χ1) is 14.2. The summed E-state index contributed by atoms with van der Waals surface area (Å²) in [5, 5.41) is 2.50. The molecule has 4 aromatic rings. The maximum atomic E-state index is 11.9. The van der Waals surface area contributed by atoms with Crippen LogP contribution in [0.1, 0.15) is 36.2 Å². The van der Waals surface area contributed by atoms with Gasteiger partial charge in [0.2, 0.25) is 0 Å². The zero-order valence-corrected chi connectivity index (χ0v) is 16.8. The lowest BCUT2D eigenvalue weighted by Crippen LogP contribution is -2.05. The van der Waals surface area contributed by atoms with Crippen LogP contribution in [0.3, 0.4) is 0 Å². The average Bonchev–Trinajstić information content (AvgIpc) is 3.09. The van der Waals surface area contributed by atoms with Gasteiger partial charge in [0.25, 0.3) is 0 Å². The molecule has 0 aliphatic heterocycles. The van der Waals surface area contributed by atoms with E-state index < -0.39 is 0 Å². The third-order valence-corrected chi connectivity index (χ3v) is 5.02. The molecule has 0 bridgehead atoms. The van der Waals surface area contributed by atoms with Gasteiger partial charge in [0.15, 0.2) is 0 Å². The number of fused-ring (bicyclic) bond motifs is 3. The molecule has 0 saturated carbocycles. The highest BCUT2D eigenvalue weighted by molar-refractivity contribution is 6.09. The fraction of sp³-hybridized carbons (Fsp3) is 0.200. The second-order valence-electron chi connectivity index (χ2n) is 6.98. The van der Waals surface area contributed by atoms with Gasteiger partial charge in [-0.3, -0.25) is 4.99 Å². The van der Waals surface area contributed by atoms with E-state index in [0.29, 0.717) is 12.2 Å². The molecule has 4 nitrogen and oxygen atoms in total. The van der Waals surface area contributed by atoms with Gasteiger partial charge in [-0.25, -0.2) is 4.79 Å². The predicted molar refractivity (Wildman–Crippen MR) is 119 cm³/mol. The Morgan fingerprint density at radius 3 is 2.48 bits per heavy atom. The van der Waals surface area contributed by atoms with Crippen LogP contribution in [0.2, 0.25) is 0 Å². The molecule has 4 rings (SSSR count). The minimum absolute atomic E-state index is 0.292. The van der Waals surface area contributed by atoms with E-state index in [4.69, 9.17) is 4.74 Å². The number of hydrogen-bond donors (Lipinski definition) is 0. The number of carbonyl (C=O) groups excluding carboxylic acids is 1. The Morgan fingerprint density at radius 2 is 1.72 bits per heavy atom. The van der Waals surface area contributed by atoms with E-state index in [-0.39, 0.29) is 5.97 Å². The average molecular weight is 384 g/mol. The molecule has 0 radical (unpaired) electrons. The van der Waals surface area contributed by atoms with E-state index in [1.54, 1.807) is 12.1 Å². The van der Waals surface area contributed by atoms with Crippen LogP contribution < -0.4 is 0 Å². The third kappa shape index (κ3) is 3.79. The molecule has 1 aromatic heterocycles. The molecule has 1 heterocycles. The van der Waals surface area contributed by atoms with Crippen LogP contribution in [0.25, 0.3) is 21.8 Å². The third-order valence-electron chi connectivity index (χ3n) is 5.02. The molecule has 29 heavy (non-hydrogen) atoms. The molecule has 4 heteroatoms. The SMILES string of the molecule is CCCOC(=O)c1ccc(N=Cc2ccc3c(c2)c2ccccc2n3CC)cc1. The lowest BCUT2D eigenvalue weighted by molar-refractivity contribution is 0.0505. The summed E-state index contributed by atoms with van der Waals surface area (Å²) in [7, 11) is 0. The maximum absolute atomic E-state index is 11.9. The van der Waals surface area contributed by atoms with Crippen LogP contribution in [0.5, 0.6) is 0 Å². The van der Waals surface area contributed by atoms with E-state index in [1.807, 2.05) is 25.3 Å². The summed E-state index contributed by atoms with van der Waals surface area (Å²) in [6.07, 6.45) is 2.68.